The summed E-state index contributed by atoms with van der Waals surface area (Å²) >= 11 is 0. The van der Waals surface area contributed by atoms with Gasteiger partial charge in [-0.1, -0.05) is 0 Å². The van der Waals surface area contributed by atoms with Crippen molar-refractivity contribution in [3.63, 3.8) is 0 Å². The first-order chi connectivity index (χ1) is 12.5. The molecule has 27 heavy (non-hydrogen) atoms. The third-order valence-corrected chi connectivity index (χ3v) is 3.29. The van der Waals surface area contributed by atoms with Crippen molar-refractivity contribution in [2.75, 3.05) is 13.2 Å². The molecule has 4 atom stereocenters. The molecule has 11 heteroatoms. The standard InChI is InChI=1S/C16H22O11/c1-8(17)22-6-13-14(24-10(3)19)15(25-11(4)20)16(27-13,26-12(5)21)7-23-9(2)18/h13-15H,6-7H2,1-5H3/t13-,14-,15+,16+/m1/s1. The highest BCUT2D eigenvalue weighted by atomic mass is 16.8. The lowest BCUT2D eigenvalue weighted by molar-refractivity contribution is -0.270. The van der Waals surface area contributed by atoms with Gasteiger partial charge < -0.3 is 28.4 Å². The minimum atomic E-state index is -2.09. The van der Waals surface area contributed by atoms with Crippen LogP contribution in [0.5, 0.6) is 0 Å². The van der Waals surface area contributed by atoms with Gasteiger partial charge in [-0.3, -0.25) is 24.0 Å². The van der Waals surface area contributed by atoms with Crippen LogP contribution in [-0.2, 0) is 52.4 Å². The normalized spacial score (nSPS) is 26.6. The molecule has 0 amide bonds. The Morgan fingerprint density at radius 3 is 1.78 bits per heavy atom. The van der Waals surface area contributed by atoms with Crippen LogP contribution < -0.4 is 0 Å². The Hall–Kier alpha value is -2.69. The summed E-state index contributed by atoms with van der Waals surface area (Å²) in [5.41, 5.74) is 0. The molecular weight excluding hydrogens is 368 g/mol. The molecule has 0 bridgehead atoms. The lowest BCUT2D eigenvalue weighted by Gasteiger charge is -2.32. The second-order valence-electron chi connectivity index (χ2n) is 5.75. The van der Waals surface area contributed by atoms with Crippen LogP contribution in [0.15, 0.2) is 0 Å². The largest absolute Gasteiger partial charge is 0.463 e. The molecule has 0 aromatic rings. The molecule has 152 valence electrons. The fourth-order valence-corrected chi connectivity index (χ4v) is 2.50. The van der Waals surface area contributed by atoms with Crippen molar-refractivity contribution >= 4 is 29.8 Å². The molecule has 0 aliphatic carbocycles. The Morgan fingerprint density at radius 2 is 1.33 bits per heavy atom. The third kappa shape index (κ3) is 6.51. The predicted octanol–water partition coefficient (Wildman–Crippen LogP) is -0.366. The van der Waals surface area contributed by atoms with Gasteiger partial charge in [0.25, 0.3) is 5.79 Å². The van der Waals surface area contributed by atoms with E-state index in [1.54, 1.807) is 0 Å². The van der Waals surface area contributed by atoms with E-state index in [1.807, 2.05) is 0 Å². The summed E-state index contributed by atoms with van der Waals surface area (Å²) in [6.07, 6.45) is -3.92. The van der Waals surface area contributed by atoms with E-state index < -0.39 is 67.2 Å². The van der Waals surface area contributed by atoms with Crippen LogP contribution in [0.25, 0.3) is 0 Å². The van der Waals surface area contributed by atoms with Gasteiger partial charge in [0.15, 0.2) is 12.7 Å². The molecule has 11 nitrogen and oxygen atoms in total. The van der Waals surface area contributed by atoms with E-state index in [0.717, 1.165) is 34.6 Å². The summed E-state index contributed by atoms with van der Waals surface area (Å²) in [5, 5.41) is 0. The van der Waals surface area contributed by atoms with Gasteiger partial charge >= 0.3 is 29.8 Å². The SMILES string of the molecule is CC(=O)OC[C@H]1O[C@](COC(C)=O)(OC(C)=O)[C@@H](OC(C)=O)[C@@H]1OC(C)=O. The highest BCUT2D eigenvalue weighted by Gasteiger charge is 2.63. The molecular formula is C16H22O11. The van der Waals surface area contributed by atoms with Crippen molar-refractivity contribution in [1.82, 2.24) is 0 Å². The van der Waals surface area contributed by atoms with Crippen LogP contribution in [0, 0.1) is 0 Å². The number of hydrogen-bond acceptors (Lipinski definition) is 11. The quantitative estimate of drug-likeness (QED) is 0.415. The van der Waals surface area contributed by atoms with E-state index in [1.165, 1.54) is 0 Å². The molecule has 1 saturated heterocycles. The molecule has 0 unspecified atom stereocenters. The van der Waals surface area contributed by atoms with Gasteiger partial charge in [0.2, 0.25) is 6.10 Å². The van der Waals surface area contributed by atoms with Gasteiger partial charge in [0.1, 0.15) is 12.7 Å². The average molecular weight is 390 g/mol. The van der Waals surface area contributed by atoms with Gasteiger partial charge in [-0.15, -0.1) is 0 Å². The van der Waals surface area contributed by atoms with Gasteiger partial charge in [-0.25, -0.2) is 0 Å². The second kappa shape index (κ2) is 9.31. The van der Waals surface area contributed by atoms with Crippen molar-refractivity contribution in [1.29, 1.82) is 0 Å². The molecule has 0 aromatic heterocycles. The van der Waals surface area contributed by atoms with Crippen LogP contribution in [-0.4, -0.2) is 67.2 Å². The van der Waals surface area contributed by atoms with E-state index >= 15 is 0 Å². The molecule has 1 heterocycles. The first-order valence-electron chi connectivity index (χ1n) is 7.95. The first kappa shape index (κ1) is 22.4. The zero-order chi connectivity index (χ0) is 20.8. The predicted molar refractivity (Wildman–Crippen MR) is 83.7 cm³/mol. The monoisotopic (exact) mass is 390 g/mol. The molecule has 0 N–H and O–H groups in total. The van der Waals surface area contributed by atoms with E-state index in [9.17, 15) is 24.0 Å². The molecule has 1 aliphatic rings. The zero-order valence-corrected chi connectivity index (χ0v) is 15.6. The summed E-state index contributed by atoms with van der Waals surface area (Å²) in [5.74, 6) is -5.84. The van der Waals surface area contributed by atoms with Crippen molar-refractivity contribution in [3.8, 4) is 0 Å². The molecule has 0 spiro atoms. The number of carbonyl (C=O) groups excluding carboxylic acids is 5. The third-order valence-electron chi connectivity index (χ3n) is 3.29. The fraction of sp³-hybridized carbons (Fsp3) is 0.688. The van der Waals surface area contributed by atoms with Gasteiger partial charge in [-0.2, -0.15) is 0 Å². The Balaban J connectivity index is 3.32. The summed E-state index contributed by atoms with van der Waals surface area (Å²) < 4.78 is 30.9. The second-order valence-corrected chi connectivity index (χ2v) is 5.75. The van der Waals surface area contributed by atoms with Crippen LogP contribution >= 0.6 is 0 Å². The molecule has 0 radical (unpaired) electrons. The fourth-order valence-electron chi connectivity index (χ4n) is 2.50. The summed E-state index contributed by atoms with van der Waals surface area (Å²) in [6, 6.07) is 0. The summed E-state index contributed by atoms with van der Waals surface area (Å²) in [7, 11) is 0. The topological polar surface area (TPSA) is 141 Å². The molecule has 1 aliphatic heterocycles. The minimum Gasteiger partial charge on any atom is -0.463 e. The van der Waals surface area contributed by atoms with E-state index in [4.69, 9.17) is 28.4 Å². The van der Waals surface area contributed by atoms with Gasteiger partial charge in [0, 0.05) is 34.6 Å². The highest BCUT2D eigenvalue weighted by molar-refractivity contribution is 5.69. The number of hydrogen-bond donors (Lipinski definition) is 0. The Labute approximate surface area is 155 Å². The van der Waals surface area contributed by atoms with Crippen LogP contribution in [0.1, 0.15) is 34.6 Å². The van der Waals surface area contributed by atoms with Gasteiger partial charge in [-0.05, 0) is 0 Å². The Morgan fingerprint density at radius 1 is 0.778 bits per heavy atom. The van der Waals surface area contributed by atoms with E-state index in [0.29, 0.717) is 0 Å². The summed E-state index contributed by atoms with van der Waals surface area (Å²) in [6.45, 7) is 4.46. The van der Waals surface area contributed by atoms with Crippen LogP contribution in [0.4, 0.5) is 0 Å². The number of carbonyl (C=O) groups is 5. The maximum Gasteiger partial charge on any atom is 0.305 e. The molecule has 0 aromatic carbocycles. The lowest BCUT2D eigenvalue weighted by atomic mass is 10.0. The maximum atomic E-state index is 11.6. The van der Waals surface area contributed by atoms with Crippen molar-refractivity contribution in [2.24, 2.45) is 0 Å². The Bertz CT molecular complexity index is 613. The number of esters is 5. The molecule has 0 saturated carbocycles. The van der Waals surface area contributed by atoms with E-state index in [2.05, 4.69) is 0 Å². The Kier molecular flexibility index (Phi) is 7.70. The van der Waals surface area contributed by atoms with Gasteiger partial charge in [0.05, 0.1) is 0 Å². The van der Waals surface area contributed by atoms with E-state index in [-0.39, 0.29) is 0 Å². The smallest absolute Gasteiger partial charge is 0.305 e. The first-order valence-corrected chi connectivity index (χ1v) is 7.95. The highest BCUT2D eigenvalue weighted by Crippen LogP contribution is 2.37. The number of ether oxygens (including phenoxy) is 6. The van der Waals surface area contributed by atoms with Crippen LogP contribution in [0.3, 0.4) is 0 Å². The van der Waals surface area contributed by atoms with Crippen LogP contribution in [0.2, 0.25) is 0 Å². The lowest BCUT2D eigenvalue weighted by Crippen LogP contribution is -2.53. The molecule has 1 rings (SSSR count). The maximum absolute atomic E-state index is 11.6. The van der Waals surface area contributed by atoms with Crippen molar-refractivity contribution in [3.05, 3.63) is 0 Å². The number of rotatable bonds is 7. The molecule has 1 fully saturated rings. The average Bonchev–Trinajstić information content (AvgIpc) is 2.76. The van der Waals surface area contributed by atoms with Crippen molar-refractivity contribution in [2.45, 2.75) is 58.7 Å². The van der Waals surface area contributed by atoms with Crippen molar-refractivity contribution < 1.29 is 52.4 Å². The summed E-state index contributed by atoms with van der Waals surface area (Å²) in [4.78, 5) is 57.0. The zero-order valence-electron chi connectivity index (χ0n) is 15.6. The minimum absolute atomic E-state index is 0.395.